The number of carbonyl (C=O) groups excluding carboxylic acids is 2. The Morgan fingerprint density at radius 2 is 1.83 bits per heavy atom. The quantitative estimate of drug-likeness (QED) is 0.743. The Bertz CT molecular complexity index is 966. The number of likely N-dealkylation sites (N-methyl/N-ethyl adjacent to an activating group) is 1. The van der Waals surface area contributed by atoms with Crippen molar-refractivity contribution in [3.63, 3.8) is 0 Å². The van der Waals surface area contributed by atoms with E-state index in [-0.39, 0.29) is 30.3 Å². The highest BCUT2D eigenvalue weighted by Crippen LogP contribution is 2.35. The molecule has 1 aliphatic heterocycles. The van der Waals surface area contributed by atoms with Crippen LogP contribution >= 0.6 is 11.6 Å². The minimum Gasteiger partial charge on any atom is -0.336 e. The molecular formula is C23H24ClN3O2. The Morgan fingerprint density at radius 3 is 2.48 bits per heavy atom. The SMILES string of the molecule is Cc1ccc(C2CC(c3ccccc3Cl)=NN2C(=O)CN(C)C(=O)C2CC2)cc1. The smallest absolute Gasteiger partial charge is 0.262 e. The van der Waals surface area contributed by atoms with Crippen LogP contribution in [-0.4, -0.2) is 41.0 Å². The van der Waals surface area contributed by atoms with Gasteiger partial charge in [0.25, 0.3) is 5.91 Å². The van der Waals surface area contributed by atoms with Crippen molar-refractivity contribution in [2.24, 2.45) is 11.0 Å². The van der Waals surface area contributed by atoms with Gasteiger partial charge in [0.05, 0.1) is 11.8 Å². The minimum atomic E-state index is -0.209. The van der Waals surface area contributed by atoms with Crippen molar-refractivity contribution in [3.05, 3.63) is 70.2 Å². The fourth-order valence-electron chi connectivity index (χ4n) is 3.64. The maximum absolute atomic E-state index is 13.1. The fourth-order valence-corrected chi connectivity index (χ4v) is 3.89. The molecule has 150 valence electrons. The molecule has 0 radical (unpaired) electrons. The fraction of sp³-hybridized carbons (Fsp3) is 0.348. The molecule has 29 heavy (non-hydrogen) atoms. The van der Waals surface area contributed by atoms with Crippen molar-refractivity contribution < 1.29 is 9.59 Å². The first-order valence-corrected chi connectivity index (χ1v) is 10.3. The largest absolute Gasteiger partial charge is 0.336 e. The van der Waals surface area contributed by atoms with Gasteiger partial charge in [-0.3, -0.25) is 9.59 Å². The number of benzene rings is 2. The van der Waals surface area contributed by atoms with E-state index in [1.54, 1.807) is 7.05 Å². The van der Waals surface area contributed by atoms with Crippen LogP contribution in [0, 0.1) is 12.8 Å². The van der Waals surface area contributed by atoms with Crippen LogP contribution in [0.3, 0.4) is 0 Å². The number of nitrogens with zero attached hydrogens (tertiary/aromatic N) is 3. The minimum absolute atomic E-state index is 0.0248. The molecule has 1 unspecified atom stereocenters. The molecule has 5 nitrogen and oxygen atoms in total. The normalized spacial score (nSPS) is 18.5. The summed E-state index contributed by atoms with van der Waals surface area (Å²) in [5, 5.41) is 6.79. The summed E-state index contributed by atoms with van der Waals surface area (Å²) < 4.78 is 0. The number of hydrogen-bond donors (Lipinski definition) is 0. The molecule has 2 aromatic rings. The van der Waals surface area contributed by atoms with Crippen LogP contribution in [0.5, 0.6) is 0 Å². The van der Waals surface area contributed by atoms with Crippen LogP contribution in [0.1, 0.15) is 42.0 Å². The van der Waals surface area contributed by atoms with Crippen molar-refractivity contribution in [2.75, 3.05) is 13.6 Å². The highest BCUT2D eigenvalue weighted by Gasteiger charge is 2.36. The van der Waals surface area contributed by atoms with Crippen molar-refractivity contribution in [2.45, 2.75) is 32.2 Å². The third kappa shape index (κ3) is 4.20. The second kappa shape index (κ2) is 7.99. The second-order valence-electron chi connectivity index (χ2n) is 7.86. The topological polar surface area (TPSA) is 53.0 Å². The lowest BCUT2D eigenvalue weighted by atomic mass is 9.97. The summed E-state index contributed by atoms with van der Waals surface area (Å²) in [6, 6.07) is 15.5. The number of carbonyl (C=O) groups is 2. The van der Waals surface area contributed by atoms with Crippen LogP contribution < -0.4 is 0 Å². The molecule has 2 aliphatic rings. The molecule has 0 bridgehead atoms. The highest BCUT2D eigenvalue weighted by atomic mass is 35.5. The molecule has 0 spiro atoms. The van der Waals surface area contributed by atoms with Gasteiger partial charge in [-0.05, 0) is 31.4 Å². The highest BCUT2D eigenvalue weighted by molar-refractivity contribution is 6.34. The molecule has 1 heterocycles. The first-order chi connectivity index (χ1) is 13.9. The number of amides is 2. The Kier molecular flexibility index (Phi) is 5.41. The van der Waals surface area contributed by atoms with E-state index in [9.17, 15) is 9.59 Å². The second-order valence-corrected chi connectivity index (χ2v) is 8.27. The number of hydrazone groups is 1. The molecule has 0 aromatic heterocycles. The van der Waals surface area contributed by atoms with E-state index >= 15 is 0 Å². The van der Waals surface area contributed by atoms with Gasteiger partial charge in [-0.25, -0.2) is 5.01 Å². The summed E-state index contributed by atoms with van der Waals surface area (Å²) in [6.07, 6.45) is 2.42. The summed E-state index contributed by atoms with van der Waals surface area (Å²) in [4.78, 5) is 26.9. The van der Waals surface area contributed by atoms with Crippen molar-refractivity contribution in [3.8, 4) is 0 Å². The van der Waals surface area contributed by atoms with Crippen molar-refractivity contribution in [1.29, 1.82) is 0 Å². The zero-order valence-corrected chi connectivity index (χ0v) is 17.4. The first kappa shape index (κ1) is 19.6. The van der Waals surface area contributed by atoms with Gasteiger partial charge in [0.2, 0.25) is 5.91 Å². The van der Waals surface area contributed by atoms with E-state index in [0.717, 1.165) is 35.2 Å². The van der Waals surface area contributed by atoms with Gasteiger partial charge in [-0.15, -0.1) is 0 Å². The first-order valence-electron chi connectivity index (χ1n) is 9.90. The monoisotopic (exact) mass is 409 g/mol. The van der Waals surface area contributed by atoms with Crippen LogP contribution in [0.2, 0.25) is 5.02 Å². The van der Waals surface area contributed by atoms with E-state index in [1.165, 1.54) is 9.91 Å². The van der Waals surface area contributed by atoms with Crippen molar-refractivity contribution in [1.82, 2.24) is 9.91 Å². The zero-order valence-electron chi connectivity index (χ0n) is 16.6. The average molecular weight is 410 g/mol. The standard InChI is InChI=1S/C23H24ClN3O2/c1-15-7-9-16(10-8-15)21-13-20(18-5-3-4-6-19(18)24)25-27(21)22(28)14-26(2)23(29)17-11-12-17/h3-10,17,21H,11-14H2,1-2H3. The van der Waals surface area contributed by atoms with E-state index in [2.05, 4.69) is 5.10 Å². The molecule has 1 aliphatic carbocycles. The number of aryl methyl sites for hydroxylation is 1. The molecule has 1 fully saturated rings. The molecule has 0 saturated heterocycles. The summed E-state index contributed by atoms with van der Waals surface area (Å²) >= 11 is 6.38. The van der Waals surface area contributed by atoms with E-state index in [1.807, 2.05) is 55.5 Å². The van der Waals surface area contributed by atoms with Gasteiger partial charge in [0, 0.05) is 30.0 Å². The van der Waals surface area contributed by atoms with Crippen molar-refractivity contribution >= 4 is 29.1 Å². The van der Waals surface area contributed by atoms with Gasteiger partial charge in [0.15, 0.2) is 0 Å². The Hall–Kier alpha value is -2.66. The summed E-state index contributed by atoms with van der Waals surface area (Å²) in [7, 11) is 1.69. The Morgan fingerprint density at radius 1 is 1.14 bits per heavy atom. The summed E-state index contributed by atoms with van der Waals surface area (Å²) in [6.45, 7) is 2.06. The number of hydrogen-bond acceptors (Lipinski definition) is 3. The van der Waals surface area contributed by atoms with Gasteiger partial charge >= 0.3 is 0 Å². The molecule has 6 heteroatoms. The molecule has 4 rings (SSSR count). The van der Waals surface area contributed by atoms with Crippen LogP contribution in [0.4, 0.5) is 0 Å². The van der Waals surface area contributed by atoms with E-state index < -0.39 is 0 Å². The van der Waals surface area contributed by atoms with Crippen LogP contribution in [0.15, 0.2) is 53.6 Å². The van der Waals surface area contributed by atoms with Gasteiger partial charge in [-0.2, -0.15) is 5.10 Å². The van der Waals surface area contributed by atoms with E-state index in [0.29, 0.717) is 11.4 Å². The average Bonchev–Trinajstić information content (AvgIpc) is 3.47. The predicted molar refractivity (Wildman–Crippen MR) is 114 cm³/mol. The summed E-state index contributed by atoms with van der Waals surface area (Å²) in [5.74, 6) is -0.0599. The van der Waals surface area contributed by atoms with Gasteiger partial charge < -0.3 is 4.90 Å². The lowest BCUT2D eigenvalue weighted by Crippen LogP contribution is -2.39. The lowest BCUT2D eigenvalue weighted by Gasteiger charge is -2.25. The molecular weight excluding hydrogens is 386 g/mol. The summed E-state index contributed by atoms with van der Waals surface area (Å²) in [5.41, 5.74) is 3.80. The number of rotatable bonds is 5. The van der Waals surface area contributed by atoms with E-state index in [4.69, 9.17) is 11.6 Å². The molecule has 0 N–H and O–H groups in total. The maximum atomic E-state index is 13.1. The maximum Gasteiger partial charge on any atom is 0.262 e. The Balaban J connectivity index is 1.61. The Labute approximate surface area is 176 Å². The predicted octanol–water partition coefficient (Wildman–Crippen LogP) is 4.19. The van der Waals surface area contributed by atoms with Gasteiger partial charge in [0.1, 0.15) is 6.54 Å². The van der Waals surface area contributed by atoms with Crippen LogP contribution in [0.25, 0.3) is 0 Å². The molecule has 1 atom stereocenters. The molecule has 2 amide bonds. The zero-order chi connectivity index (χ0) is 20.5. The van der Waals surface area contributed by atoms with Gasteiger partial charge in [-0.1, -0.05) is 59.6 Å². The molecule has 2 aromatic carbocycles. The van der Waals surface area contributed by atoms with Crippen LogP contribution in [-0.2, 0) is 9.59 Å². The number of halogens is 1. The molecule has 1 saturated carbocycles. The third-order valence-electron chi connectivity index (χ3n) is 5.49. The lowest BCUT2D eigenvalue weighted by molar-refractivity contribution is -0.141. The third-order valence-corrected chi connectivity index (χ3v) is 5.82.